The number of benzene rings is 2. The van der Waals surface area contributed by atoms with Crippen molar-refractivity contribution < 1.29 is 23.2 Å². The number of halogens is 1. The maximum absolute atomic E-state index is 15.1. The van der Waals surface area contributed by atoms with Crippen LogP contribution < -0.4 is 26.8 Å². The van der Waals surface area contributed by atoms with Crippen molar-refractivity contribution >= 4 is 40.5 Å². The minimum Gasteiger partial charge on any atom is -0.408 e. The second-order valence-corrected chi connectivity index (χ2v) is 16.8. The molecule has 1 saturated carbocycles. The van der Waals surface area contributed by atoms with Gasteiger partial charge in [0.15, 0.2) is 11.4 Å². The number of aromatic nitrogens is 4. The Labute approximate surface area is 351 Å². The minimum atomic E-state index is -0.765. The Hall–Kier alpha value is -6.16. The highest BCUT2D eigenvalue weighted by Gasteiger charge is 2.34. The van der Waals surface area contributed by atoms with Gasteiger partial charge in [-0.25, -0.2) is 19.2 Å². The van der Waals surface area contributed by atoms with E-state index in [0.717, 1.165) is 83.1 Å². The third kappa shape index (κ3) is 8.72. The largest absolute Gasteiger partial charge is 0.420 e. The molecule has 318 valence electrons. The number of hydrogen-bond acceptors (Lipinski definition) is 11. The summed E-state index contributed by atoms with van der Waals surface area (Å²) in [4.78, 5) is 78.6. The van der Waals surface area contributed by atoms with Gasteiger partial charge in [-0.15, -0.1) is 0 Å². The predicted molar refractivity (Wildman–Crippen MR) is 227 cm³/mol. The van der Waals surface area contributed by atoms with Gasteiger partial charge in [0.05, 0.1) is 11.7 Å². The predicted octanol–water partition coefficient (Wildman–Crippen LogP) is 4.74. The lowest BCUT2D eigenvalue weighted by atomic mass is 9.84. The fraction of sp³-hybridized carbons (Fsp3) is 0.444. The first-order valence-corrected chi connectivity index (χ1v) is 21.5. The minimum absolute atomic E-state index is 0.0152. The molecule has 61 heavy (non-hydrogen) atoms. The van der Waals surface area contributed by atoms with Crippen LogP contribution >= 0.6 is 0 Å². The number of fused-ring (bicyclic) bond motifs is 1. The number of hydrogen-bond donors (Lipinski definition) is 2. The van der Waals surface area contributed by atoms with Crippen LogP contribution in [0.5, 0.6) is 0 Å². The van der Waals surface area contributed by atoms with Crippen LogP contribution in [0.25, 0.3) is 28.0 Å². The van der Waals surface area contributed by atoms with Gasteiger partial charge in [0, 0.05) is 92.9 Å². The summed E-state index contributed by atoms with van der Waals surface area (Å²) in [5, 5.41) is 5.71. The number of carbonyl (C=O) groups excluding carboxylic acids is 3. The highest BCUT2D eigenvalue weighted by Crippen LogP contribution is 2.32. The third-order valence-corrected chi connectivity index (χ3v) is 13.0. The first-order valence-electron chi connectivity index (χ1n) is 21.5. The molecule has 0 radical (unpaired) electrons. The number of carbonyl (C=O) groups is 3. The van der Waals surface area contributed by atoms with Gasteiger partial charge in [0.1, 0.15) is 11.7 Å². The summed E-state index contributed by atoms with van der Waals surface area (Å²) in [6.07, 6.45) is 9.77. The van der Waals surface area contributed by atoms with E-state index < -0.39 is 23.5 Å². The van der Waals surface area contributed by atoms with E-state index >= 15 is 4.39 Å². The summed E-state index contributed by atoms with van der Waals surface area (Å²) >= 11 is 0. The summed E-state index contributed by atoms with van der Waals surface area (Å²) in [6.45, 7) is 5.94. The first kappa shape index (κ1) is 40.3. The van der Waals surface area contributed by atoms with Crippen molar-refractivity contribution in [1.29, 1.82) is 0 Å². The van der Waals surface area contributed by atoms with Crippen LogP contribution in [0.15, 0.2) is 87.1 Å². The fourth-order valence-corrected chi connectivity index (χ4v) is 9.55. The Morgan fingerprint density at radius 2 is 1.72 bits per heavy atom. The van der Waals surface area contributed by atoms with Gasteiger partial charge in [-0.05, 0) is 87.7 Å². The Balaban J connectivity index is 0.728. The molecule has 0 spiro atoms. The lowest BCUT2D eigenvalue weighted by Crippen LogP contribution is -2.51. The highest BCUT2D eigenvalue weighted by molar-refractivity contribution is 6.00. The number of pyridine rings is 1. The summed E-state index contributed by atoms with van der Waals surface area (Å²) in [7, 11) is 0. The number of rotatable bonds is 10. The molecule has 3 atom stereocenters. The number of piperidine rings is 2. The Kier molecular flexibility index (Phi) is 11.5. The zero-order chi connectivity index (χ0) is 42.0. The molecule has 3 aliphatic heterocycles. The number of anilines is 2. The van der Waals surface area contributed by atoms with Gasteiger partial charge >= 0.3 is 5.76 Å². The standard InChI is InChI=1S/C45H50FN9O6/c46-35-28-47-44(50-41(35)30-5-4-8-34(26-30)54-17-2-1-9-40(54)57)48-32-7-3-6-31(25-32)43(59)53-23-21-51(22-24-53)18-14-29-15-19-52(20-16-29)33-10-11-36-38(27-33)61-45(60)55(36)37-12-13-39(56)49-42(37)58/h1-2,4-5,8-11,17,26-29,31-32,37H,3,6-7,12-16,18-25H2,(H,47,48,50)(H,49,56,58)/t31-,32+,37?/m0/s1. The van der Waals surface area contributed by atoms with Crippen molar-refractivity contribution in [1.82, 2.24) is 34.2 Å². The average molecular weight is 832 g/mol. The van der Waals surface area contributed by atoms with Crippen molar-refractivity contribution in [2.24, 2.45) is 11.8 Å². The number of piperazine rings is 1. The molecule has 0 bridgehead atoms. The van der Waals surface area contributed by atoms with Crippen LogP contribution in [-0.2, 0) is 14.4 Å². The van der Waals surface area contributed by atoms with E-state index in [-0.39, 0.29) is 47.9 Å². The van der Waals surface area contributed by atoms with Crippen LogP contribution in [0.1, 0.15) is 63.8 Å². The Bertz CT molecular complexity index is 2560. The lowest BCUT2D eigenvalue weighted by molar-refractivity contribution is -0.138. The zero-order valence-electron chi connectivity index (χ0n) is 34.0. The molecular weight excluding hydrogens is 782 g/mol. The Morgan fingerprint density at radius 3 is 2.52 bits per heavy atom. The molecule has 16 heteroatoms. The van der Waals surface area contributed by atoms with Crippen molar-refractivity contribution in [3.8, 4) is 16.9 Å². The van der Waals surface area contributed by atoms with Crippen LogP contribution in [0.3, 0.4) is 0 Å². The molecule has 3 aromatic heterocycles. The van der Waals surface area contributed by atoms with Crippen LogP contribution in [0.4, 0.5) is 16.0 Å². The Morgan fingerprint density at radius 1 is 0.885 bits per heavy atom. The maximum atomic E-state index is 15.1. The molecule has 3 saturated heterocycles. The zero-order valence-corrected chi connectivity index (χ0v) is 34.0. The van der Waals surface area contributed by atoms with Crippen molar-refractivity contribution in [3.63, 3.8) is 0 Å². The molecule has 15 nitrogen and oxygen atoms in total. The number of imide groups is 1. The molecule has 9 rings (SSSR count). The molecule has 1 aliphatic carbocycles. The average Bonchev–Trinajstić information content (AvgIpc) is 3.61. The van der Waals surface area contributed by atoms with E-state index in [2.05, 4.69) is 30.4 Å². The molecule has 4 fully saturated rings. The smallest absolute Gasteiger partial charge is 0.408 e. The summed E-state index contributed by atoms with van der Waals surface area (Å²) in [5.74, 6) is -0.941. The molecule has 2 N–H and O–H groups in total. The number of amides is 3. The first-order chi connectivity index (χ1) is 29.7. The van der Waals surface area contributed by atoms with Crippen LogP contribution in [0, 0.1) is 17.7 Å². The molecule has 3 amide bonds. The molecule has 4 aliphatic rings. The SMILES string of the molecule is O=C1CCC(n2c(=O)oc3cc(N4CCC(CCN5CCN(C(=O)[C@H]6CCC[C@@H](Nc7ncc(F)c(-c8cccc(-n9ccccc9=O)c8)n7)C6)CC5)CC4)ccc32)C(=O)N1. The topological polar surface area (TPSA) is 168 Å². The van der Waals surface area contributed by atoms with Gasteiger partial charge < -0.3 is 19.5 Å². The molecular formula is C45H50FN9O6. The van der Waals surface area contributed by atoms with Gasteiger partial charge in [0.2, 0.25) is 23.7 Å². The third-order valence-electron chi connectivity index (χ3n) is 13.0. The highest BCUT2D eigenvalue weighted by atomic mass is 19.1. The van der Waals surface area contributed by atoms with Gasteiger partial charge in [-0.2, -0.15) is 0 Å². The van der Waals surface area contributed by atoms with E-state index in [1.807, 2.05) is 23.1 Å². The second kappa shape index (κ2) is 17.4. The summed E-state index contributed by atoms with van der Waals surface area (Å²) in [6, 6.07) is 16.9. The van der Waals surface area contributed by atoms with E-state index in [0.29, 0.717) is 53.7 Å². The summed E-state index contributed by atoms with van der Waals surface area (Å²) < 4.78 is 23.5. The number of oxazole rings is 1. The van der Waals surface area contributed by atoms with Gasteiger partial charge in [-0.1, -0.05) is 24.6 Å². The number of nitrogens with zero attached hydrogens (tertiary/aromatic N) is 7. The van der Waals surface area contributed by atoms with E-state index in [4.69, 9.17) is 4.42 Å². The normalized spacial score (nSPS) is 21.8. The summed E-state index contributed by atoms with van der Waals surface area (Å²) in [5.41, 5.74) is 3.06. The molecule has 5 aromatic rings. The monoisotopic (exact) mass is 831 g/mol. The lowest BCUT2D eigenvalue weighted by Gasteiger charge is -2.39. The molecule has 2 aromatic carbocycles. The van der Waals surface area contributed by atoms with Crippen LogP contribution in [-0.4, -0.2) is 98.5 Å². The van der Waals surface area contributed by atoms with Crippen molar-refractivity contribution in [3.05, 3.63) is 99.8 Å². The van der Waals surface area contributed by atoms with E-state index in [1.165, 1.54) is 15.2 Å². The quantitative estimate of drug-likeness (QED) is 0.187. The molecule has 1 unspecified atom stereocenters. The van der Waals surface area contributed by atoms with Gasteiger partial charge in [0.25, 0.3) is 5.56 Å². The van der Waals surface area contributed by atoms with Crippen molar-refractivity contribution in [2.45, 2.75) is 69.9 Å². The van der Waals surface area contributed by atoms with Gasteiger partial charge in [-0.3, -0.25) is 38.5 Å². The maximum Gasteiger partial charge on any atom is 0.420 e. The molecule has 6 heterocycles. The van der Waals surface area contributed by atoms with Crippen molar-refractivity contribution in [2.75, 3.05) is 56.0 Å². The van der Waals surface area contributed by atoms with E-state index in [9.17, 15) is 24.0 Å². The van der Waals surface area contributed by atoms with Crippen LogP contribution in [0.2, 0.25) is 0 Å². The fourth-order valence-electron chi connectivity index (χ4n) is 9.55. The second-order valence-electron chi connectivity index (χ2n) is 16.8. The van der Waals surface area contributed by atoms with E-state index in [1.54, 1.807) is 42.6 Å². The number of nitrogens with one attached hydrogen (secondary N) is 2.